The summed E-state index contributed by atoms with van der Waals surface area (Å²) in [7, 11) is 0. The van der Waals surface area contributed by atoms with Gasteiger partial charge in [-0.3, -0.25) is 4.79 Å². The van der Waals surface area contributed by atoms with E-state index in [1.807, 2.05) is 42.2 Å². The third-order valence-corrected chi connectivity index (χ3v) is 6.23. The summed E-state index contributed by atoms with van der Waals surface area (Å²) in [5, 5.41) is 4.44. The van der Waals surface area contributed by atoms with Gasteiger partial charge in [-0.2, -0.15) is 0 Å². The molecule has 1 saturated heterocycles. The van der Waals surface area contributed by atoms with Crippen molar-refractivity contribution in [3.63, 3.8) is 0 Å². The highest BCUT2D eigenvalue weighted by Crippen LogP contribution is 2.29. The van der Waals surface area contributed by atoms with Crippen LogP contribution in [-0.4, -0.2) is 38.9 Å². The molecule has 0 spiro atoms. The number of nitrogens with zero attached hydrogens (tertiary/aromatic N) is 3. The highest BCUT2D eigenvalue weighted by atomic mass is 32.2. The van der Waals surface area contributed by atoms with Crippen LogP contribution in [0.3, 0.4) is 0 Å². The molecule has 1 aromatic carbocycles. The van der Waals surface area contributed by atoms with E-state index in [2.05, 4.69) is 5.10 Å². The van der Waals surface area contributed by atoms with Crippen LogP contribution in [-0.2, 0) is 4.79 Å². The van der Waals surface area contributed by atoms with E-state index in [-0.39, 0.29) is 11.2 Å². The van der Waals surface area contributed by atoms with Crippen molar-refractivity contribution in [1.82, 2.24) is 14.7 Å². The molecule has 1 amide bonds. The fourth-order valence-electron chi connectivity index (χ4n) is 2.61. The predicted octanol–water partition coefficient (Wildman–Crippen LogP) is 4.16. The van der Waals surface area contributed by atoms with Gasteiger partial charge in [0.05, 0.1) is 10.9 Å². The zero-order valence-corrected chi connectivity index (χ0v) is 15.4. The van der Waals surface area contributed by atoms with Crippen LogP contribution in [0.2, 0.25) is 0 Å². The summed E-state index contributed by atoms with van der Waals surface area (Å²) in [6.45, 7) is 3.73. The minimum Gasteiger partial charge on any atom is -0.342 e. The molecule has 2 heterocycles. The normalized spacial score (nSPS) is 16.3. The van der Waals surface area contributed by atoms with Gasteiger partial charge in [-0.25, -0.2) is 4.68 Å². The predicted molar refractivity (Wildman–Crippen MR) is 98.0 cm³/mol. The smallest absolute Gasteiger partial charge is 0.235 e. The Labute approximate surface area is 149 Å². The number of amides is 1. The number of aromatic nitrogens is 2. The molecular formula is C16H19N3OS3. The van der Waals surface area contributed by atoms with Crippen LogP contribution >= 0.6 is 35.3 Å². The van der Waals surface area contributed by atoms with Gasteiger partial charge in [-0.15, -0.1) is 5.10 Å². The Morgan fingerprint density at radius 2 is 1.96 bits per heavy atom. The number of rotatable bonds is 4. The maximum atomic E-state index is 12.5. The number of carbonyl (C=O) groups excluding carboxylic acids is 1. The van der Waals surface area contributed by atoms with Crippen LogP contribution in [0.25, 0.3) is 5.69 Å². The molecule has 1 atom stereocenters. The summed E-state index contributed by atoms with van der Waals surface area (Å²) in [6, 6.07) is 9.85. The average molecular weight is 366 g/mol. The first-order valence-electron chi connectivity index (χ1n) is 7.76. The van der Waals surface area contributed by atoms with Crippen LogP contribution in [0, 0.1) is 3.95 Å². The van der Waals surface area contributed by atoms with Crippen LogP contribution in [0.4, 0.5) is 0 Å². The Morgan fingerprint density at radius 3 is 2.65 bits per heavy atom. The van der Waals surface area contributed by atoms with Crippen molar-refractivity contribution in [3.05, 3.63) is 34.3 Å². The van der Waals surface area contributed by atoms with Crippen molar-refractivity contribution in [2.75, 3.05) is 13.1 Å². The van der Waals surface area contributed by atoms with Gasteiger partial charge >= 0.3 is 0 Å². The Morgan fingerprint density at radius 1 is 1.26 bits per heavy atom. The Balaban J connectivity index is 1.71. The van der Waals surface area contributed by atoms with Crippen LogP contribution < -0.4 is 0 Å². The summed E-state index contributed by atoms with van der Waals surface area (Å²) >= 11 is 8.37. The van der Waals surface area contributed by atoms with Crippen molar-refractivity contribution >= 4 is 41.2 Å². The number of benzene rings is 1. The van der Waals surface area contributed by atoms with E-state index in [0.29, 0.717) is 3.95 Å². The molecule has 3 rings (SSSR count). The lowest BCUT2D eigenvalue weighted by atomic mass is 10.1. The van der Waals surface area contributed by atoms with E-state index in [1.54, 1.807) is 4.68 Å². The summed E-state index contributed by atoms with van der Waals surface area (Å²) in [5.74, 6) is 0.210. The fourth-order valence-corrected chi connectivity index (χ4v) is 5.20. The van der Waals surface area contributed by atoms with Gasteiger partial charge in [0.1, 0.15) is 0 Å². The van der Waals surface area contributed by atoms with Crippen LogP contribution in [0.5, 0.6) is 0 Å². The molecule has 0 aliphatic carbocycles. The third kappa shape index (κ3) is 4.02. The lowest BCUT2D eigenvalue weighted by molar-refractivity contribution is -0.131. The minimum atomic E-state index is -0.127. The summed E-state index contributed by atoms with van der Waals surface area (Å²) in [5.41, 5.74) is 0.954. The second-order valence-electron chi connectivity index (χ2n) is 5.53. The van der Waals surface area contributed by atoms with Crippen molar-refractivity contribution in [2.24, 2.45) is 0 Å². The number of piperidine rings is 1. The van der Waals surface area contributed by atoms with Crippen LogP contribution in [0.15, 0.2) is 34.7 Å². The van der Waals surface area contributed by atoms with E-state index in [1.165, 1.54) is 29.5 Å². The van der Waals surface area contributed by atoms with Gasteiger partial charge in [0.2, 0.25) is 5.91 Å². The van der Waals surface area contributed by atoms with Crippen molar-refractivity contribution in [1.29, 1.82) is 0 Å². The lowest BCUT2D eigenvalue weighted by Crippen LogP contribution is -2.40. The summed E-state index contributed by atoms with van der Waals surface area (Å²) in [6.07, 6.45) is 3.46. The molecule has 4 nitrogen and oxygen atoms in total. The first kappa shape index (κ1) is 16.7. The second-order valence-corrected chi connectivity index (χ2v) is 8.74. The quantitative estimate of drug-likeness (QED) is 0.602. The van der Waals surface area contributed by atoms with Gasteiger partial charge < -0.3 is 4.90 Å². The summed E-state index contributed by atoms with van der Waals surface area (Å²) < 4.78 is 3.31. The van der Waals surface area contributed by atoms with E-state index < -0.39 is 0 Å². The number of carbonyl (C=O) groups is 1. The largest absolute Gasteiger partial charge is 0.342 e. The van der Waals surface area contributed by atoms with E-state index in [4.69, 9.17) is 12.2 Å². The van der Waals surface area contributed by atoms with Gasteiger partial charge in [0, 0.05) is 13.1 Å². The number of likely N-dealkylation sites (tertiary alicyclic amines) is 1. The molecule has 1 aliphatic rings. The molecule has 0 saturated carbocycles. The summed E-state index contributed by atoms with van der Waals surface area (Å²) in [4.78, 5) is 14.5. The zero-order chi connectivity index (χ0) is 16.2. The van der Waals surface area contributed by atoms with E-state index >= 15 is 0 Å². The van der Waals surface area contributed by atoms with Crippen molar-refractivity contribution < 1.29 is 4.79 Å². The molecule has 23 heavy (non-hydrogen) atoms. The maximum absolute atomic E-state index is 12.5. The lowest BCUT2D eigenvalue weighted by Gasteiger charge is -2.28. The van der Waals surface area contributed by atoms with Gasteiger partial charge in [0.15, 0.2) is 8.29 Å². The first-order chi connectivity index (χ1) is 11.1. The molecule has 0 bridgehead atoms. The van der Waals surface area contributed by atoms with Gasteiger partial charge in [0.25, 0.3) is 0 Å². The molecule has 0 N–H and O–H groups in total. The molecule has 122 valence electrons. The number of para-hydroxylation sites is 1. The third-order valence-electron chi connectivity index (χ3n) is 3.82. The number of hydrogen-bond acceptors (Lipinski definition) is 5. The fraction of sp³-hybridized carbons (Fsp3) is 0.438. The topological polar surface area (TPSA) is 38.1 Å². The molecule has 0 radical (unpaired) electrons. The average Bonchev–Trinajstić information content (AvgIpc) is 2.96. The Hall–Kier alpha value is -1.18. The van der Waals surface area contributed by atoms with Gasteiger partial charge in [-0.1, -0.05) is 41.3 Å². The second kappa shape index (κ2) is 7.59. The molecular weight excluding hydrogens is 346 g/mol. The van der Waals surface area contributed by atoms with Crippen LogP contribution in [0.1, 0.15) is 26.2 Å². The minimum absolute atomic E-state index is 0.127. The molecule has 7 heteroatoms. The maximum Gasteiger partial charge on any atom is 0.235 e. The SMILES string of the molecule is C[C@H](Sc1nn(-c2ccccc2)c(=S)s1)C(=O)N1CCCCC1. The number of hydrogen-bond donors (Lipinski definition) is 0. The number of thioether (sulfide) groups is 1. The van der Waals surface area contributed by atoms with E-state index in [9.17, 15) is 4.79 Å². The molecule has 0 unspecified atom stereocenters. The Bertz CT molecular complexity index is 720. The Kier molecular flexibility index (Phi) is 5.50. The zero-order valence-electron chi connectivity index (χ0n) is 13.0. The molecule has 1 fully saturated rings. The van der Waals surface area contributed by atoms with Gasteiger partial charge in [-0.05, 0) is 50.5 Å². The van der Waals surface area contributed by atoms with Crippen molar-refractivity contribution in [3.8, 4) is 5.69 Å². The highest BCUT2D eigenvalue weighted by molar-refractivity contribution is 8.02. The highest BCUT2D eigenvalue weighted by Gasteiger charge is 2.24. The first-order valence-corrected chi connectivity index (χ1v) is 9.86. The molecule has 1 aromatic heterocycles. The monoisotopic (exact) mass is 365 g/mol. The van der Waals surface area contributed by atoms with Crippen molar-refractivity contribution in [2.45, 2.75) is 35.8 Å². The molecule has 2 aromatic rings. The molecule has 1 aliphatic heterocycles. The van der Waals surface area contributed by atoms with E-state index in [0.717, 1.165) is 36.0 Å². The standard InChI is InChI=1S/C16H19N3OS3/c1-12(14(20)18-10-6-3-7-11-18)22-15-17-19(16(21)23-15)13-8-4-2-5-9-13/h2,4-5,8-9,12H,3,6-7,10-11H2,1H3/t12-/m0/s1.